The molecule has 0 aliphatic heterocycles. The lowest BCUT2D eigenvalue weighted by molar-refractivity contribution is -0.145. The largest absolute Gasteiger partial charge is 0.467 e. The molecule has 110 valence electrons. The molecule has 0 radical (unpaired) electrons. The number of rotatable bonds is 7. The molecule has 1 unspecified atom stereocenters. The van der Waals surface area contributed by atoms with Crippen LogP contribution in [0.3, 0.4) is 0 Å². The topological polar surface area (TPSA) is 71.5 Å². The van der Waals surface area contributed by atoms with Crippen LogP contribution < -0.4 is 5.32 Å². The van der Waals surface area contributed by atoms with Crippen LogP contribution in [0.2, 0.25) is 0 Å². The Labute approximate surface area is 119 Å². The molecule has 1 aromatic heterocycles. The third-order valence-corrected chi connectivity index (χ3v) is 2.86. The van der Waals surface area contributed by atoms with E-state index in [-0.39, 0.29) is 5.91 Å². The summed E-state index contributed by atoms with van der Waals surface area (Å²) in [6.07, 6.45) is 1.73. The number of aromatic nitrogens is 1. The maximum atomic E-state index is 11.7. The summed E-state index contributed by atoms with van der Waals surface area (Å²) >= 11 is 0. The first-order valence-electron chi connectivity index (χ1n) is 6.54. The lowest BCUT2D eigenvalue weighted by atomic mass is 10.2. The zero-order valence-corrected chi connectivity index (χ0v) is 12.1. The van der Waals surface area contributed by atoms with E-state index in [1.54, 1.807) is 6.20 Å². The summed E-state index contributed by atoms with van der Waals surface area (Å²) in [5.41, 5.74) is 0.917. The van der Waals surface area contributed by atoms with E-state index in [2.05, 4.69) is 10.3 Å². The monoisotopic (exact) mass is 279 g/mol. The Morgan fingerprint density at radius 3 is 2.70 bits per heavy atom. The van der Waals surface area contributed by atoms with Crippen molar-refractivity contribution < 1.29 is 14.3 Å². The van der Waals surface area contributed by atoms with Gasteiger partial charge in [0.1, 0.15) is 6.04 Å². The summed E-state index contributed by atoms with van der Waals surface area (Å²) in [4.78, 5) is 29.1. The quantitative estimate of drug-likeness (QED) is 0.739. The fraction of sp³-hybridized carbons (Fsp3) is 0.500. The van der Waals surface area contributed by atoms with Gasteiger partial charge in [-0.25, -0.2) is 4.79 Å². The van der Waals surface area contributed by atoms with Crippen LogP contribution in [0.1, 0.15) is 19.5 Å². The lowest BCUT2D eigenvalue weighted by Gasteiger charge is -2.25. The van der Waals surface area contributed by atoms with Gasteiger partial charge in [0.25, 0.3) is 0 Å². The molecule has 0 aliphatic rings. The van der Waals surface area contributed by atoms with Gasteiger partial charge in [0.05, 0.1) is 12.8 Å². The summed E-state index contributed by atoms with van der Waals surface area (Å²) in [5.74, 6) is -0.700. The van der Waals surface area contributed by atoms with Crippen molar-refractivity contribution in [2.45, 2.75) is 26.4 Å². The van der Waals surface area contributed by atoms with Crippen LogP contribution in [-0.2, 0) is 20.9 Å². The van der Waals surface area contributed by atoms with Crippen LogP contribution >= 0.6 is 0 Å². The van der Waals surface area contributed by atoms with E-state index < -0.39 is 12.0 Å². The summed E-state index contributed by atoms with van der Waals surface area (Å²) in [7, 11) is 1.31. The van der Waals surface area contributed by atoms with E-state index >= 15 is 0 Å². The van der Waals surface area contributed by atoms with E-state index in [1.165, 1.54) is 14.0 Å². The van der Waals surface area contributed by atoms with Gasteiger partial charge in [-0.05, 0) is 18.7 Å². The van der Waals surface area contributed by atoms with Crippen molar-refractivity contribution in [2.75, 3.05) is 20.2 Å². The minimum atomic E-state index is -0.666. The molecule has 0 fully saturated rings. The average Bonchev–Trinajstić information content (AvgIpc) is 2.45. The van der Waals surface area contributed by atoms with Crippen molar-refractivity contribution in [3.63, 3.8) is 0 Å². The normalized spacial score (nSPS) is 12.0. The molecule has 1 N–H and O–H groups in total. The van der Waals surface area contributed by atoms with E-state index in [0.717, 1.165) is 12.2 Å². The number of nitrogens with one attached hydrogen (secondary N) is 1. The van der Waals surface area contributed by atoms with Crippen LogP contribution in [0.25, 0.3) is 0 Å². The van der Waals surface area contributed by atoms with Gasteiger partial charge in [-0.3, -0.25) is 14.7 Å². The first-order chi connectivity index (χ1) is 9.56. The zero-order valence-electron chi connectivity index (χ0n) is 12.1. The molecule has 20 heavy (non-hydrogen) atoms. The van der Waals surface area contributed by atoms with Gasteiger partial charge < -0.3 is 10.1 Å². The predicted octanol–water partition coefficient (Wildman–Crippen LogP) is 0.581. The molecule has 1 amide bonds. The second-order valence-corrected chi connectivity index (χ2v) is 4.43. The highest BCUT2D eigenvalue weighted by molar-refractivity contribution is 5.83. The number of nitrogens with zero attached hydrogens (tertiary/aromatic N) is 2. The number of methoxy groups -OCH3 is 1. The molecule has 1 rings (SSSR count). The van der Waals surface area contributed by atoms with Crippen molar-refractivity contribution in [1.82, 2.24) is 15.2 Å². The second-order valence-electron chi connectivity index (χ2n) is 4.43. The number of carbonyl (C=O) groups is 2. The molecule has 0 aliphatic carbocycles. The highest BCUT2D eigenvalue weighted by Gasteiger charge is 2.22. The molecular weight excluding hydrogens is 258 g/mol. The van der Waals surface area contributed by atoms with Gasteiger partial charge in [-0.1, -0.05) is 13.0 Å². The Morgan fingerprint density at radius 1 is 1.45 bits per heavy atom. The maximum Gasteiger partial charge on any atom is 0.329 e. The van der Waals surface area contributed by atoms with E-state index in [4.69, 9.17) is 4.74 Å². The predicted molar refractivity (Wildman–Crippen MR) is 74.8 cm³/mol. The minimum absolute atomic E-state index is 0.255. The minimum Gasteiger partial charge on any atom is -0.467 e. The average molecular weight is 279 g/mol. The highest BCUT2D eigenvalue weighted by Crippen LogP contribution is 2.03. The van der Waals surface area contributed by atoms with E-state index in [0.29, 0.717) is 13.1 Å². The number of ether oxygens (including phenoxy) is 1. The molecule has 1 aromatic rings. The van der Waals surface area contributed by atoms with Gasteiger partial charge in [0, 0.05) is 26.2 Å². The van der Waals surface area contributed by atoms with Crippen molar-refractivity contribution >= 4 is 11.9 Å². The number of hydrogen-bond donors (Lipinski definition) is 1. The number of carbonyl (C=O) groups excluding carboxylic acids is 2. The summed E-state index contributed by atoms with van der Waals surface area (Å²) in [5, 5.41) is 2.61. The Balaban J connectivity index is 2.68. The van der Waals surface area contributed by atoms with E-state index in [1.807, 2.05) is 30.0 Å². The maximum absolute atomic E-state index is 11.7. The Hall–Kier alpha value is -1.95. The van der Waals surface area contributed by atoms with Crippen LogP contribution in [-0.4, -0.2) is 48.0 Å². The molecule has 1 heterocycles. The molecule has 0 saturated carbocycles. The van der Waals surface area contributed by atoms with Crippen molar-refractivity contribution in [1.29, 1.82) is 0 Å². The molecule has 0 bridgehead atoms. The van der Waals surface area contributed by atoms with Gasteiger partial charge in [0.2, 0.25) is 5.91 Å². The molecule has 6 nitrogen and oxygen atoms in total. The van der Waals surface area contributed by atoms with Crippen LogP contribution in [0.15, 0.2) is 24.4 Å². The summed E-state index contributed by atoms with van der Waals surface area (Å²) in [6.45, 7) is 5.11. The van der Waals surface area contributed by atoms with E-state index in [9.17, 15) is 9.59 Å². The number of esters is 1. The zero-order chi connectivity index (χ0) is 15.0. The Bertz CT molecular complexity index is 437. The van der Waals surface area contributed by atoms with Crippen molar-refractivity contribution in [3.05, 3.63) is 30.1 Å². The first-order valence-corrected chi connectivity index (χ1v) is 6.54. The first kappa shape index (κ1) is 16.1. The second kappa shape index (κ2) is 8.27. The van der Waals surface area contributed by atoms with Gasteiger partial charge in [0.15, 0.2) is 0 Å². The summed E-state index contributed by atoms with van der Waals surface area (Å²) < 4.78 is 4.71. The lowest BCUT2D eigenvalue weighted by Crippen LogP contribution is -2.48. The number of amides is 1. The van der Waals surface area contributed by atoms with Gasteiger partial charge >= 0.3 is 5.97 Å². The molecule has 1 atom stereocenters. The molecular formula is C14H21N3O3. The number of pyridine rings is 1. The SMILES string of the molecule is CCN(Cc1ccccn1)CC(NC(C)=O)C(=O)OC. The molecule has 0 spiro atoms. The fourth-order valence-corrected chi connectivity index (χ4v) is 1.85. The molecule has 0 aromatic carbocycles. The smallest absolute Gasteiger partial charge is 0.329 e. The highest BCUT2D eigenvalue weighted by atomic mass is 16.5. The molecule has 6 heteroatoms. The third kappa shape index (κ3) is 5.36. The van der Waals surface area contributed by atoms with Crippen LogP contribution in [0.5, 0.6) is 0 Å². The van der Waals surface area contributed by atoms with Crippen LogP contribution in [0, 0.1) is 0 Å². The number of hydrogen-bond acceptors (Lipinski definition) is 5. The van der Waals surface area contributed by atoms with Crippen LogP contribution in [0.4, 0.5) is 0 Å². The van der Waals surface area contributed by atoms with Crippen molar-refractivity contribution in [3.8, 4) is 0 Å². The standard InChI is InChI=1S/C14H21N3O3/c1-4-17(9-12-7-5-6-8-15-12)10-13(14(19)20-3)16-11(2)18/h5-8,13H,4,9-10H2,1-3H3,(H,16,18). The summed E-state index contributed by atoms with van der Waals surface area (Å²) in [6, 6.07) is 5.03. The Morgan fingerprint density at radius 2 is 2.20 bits per heavy atom. The van der Waals surface area contributed by atoms with Crippen molar-refractivity contribution in [2.24, 2.45) is 0 Å². The fourth-order valence-electron chi connectivity index (χ4n) is 1.85. The third-order valence-electron chi connectivity index (χ3n) is 2.86. The molecule has 0 saturated heterocycles. The number of likely N-dealkylation sites (N-methyl/N-ethyl adjacent to an activating group) is 1. The van der Waals surface area contributed by atoms with Gasteiger partial charge in [-0.2, -0.15) is 0 Å². The Kier molecular flexibility index (Phi) is 6.66. The van der Waals surface area contributed by atoms with Gasteiger partial charge in [-0.15, -0.1) is 0 Å².